The van der Waals surface area contributed by atoms with Gasteiger partial charge in [0.05, 0.1) is 18.5 Å². The van der Waals surface area contributed by atoms with Gasteiger partial charge in [-0.2, -0.15) is 0 Å². The van der Waals surface area contributed by atoms with Crippen molar-refractivity contribution in [2.45, 2.75) is 33.5 Å². The van der Waals surface area contributed by atoms with Crippen LogP contribution in [0.5, 0.6) is 0 Å². The van der Waals surface area contributed by atoms with Crippen LogP contribution < -0.4 is 5.32 Å². The Hall–Kier alpha value is -1.65. The molecule has 0 amide bonds. The van der Waals surface area contributed by atoms with Gasteiger partial charge < -0.3 is 9.73 Å². The highest BCUT2D eigenvalue weighted by molar-refractivity contribution is 5.17. The van der Waals surface area contributed by atoms with Crippen LogP contribution in [0.4, 0.5) is 0 Å². The Balaban J connectivity index is 1.86. The average Bonchev–Trinajstić information content (AvgIpc) is 2.87. The molecule has 0 aromatic carbocycles. The summed E-state index contributed by atoms with van der Waals surface area (Å²) >= 11 is 0. The second kappa shape index (κ2) is 7.96. The van der Waals surface area contributed by atoms with Crippen molar-refractivity contribution in [1.82, 2.24) is 15.2 Å². The van der Waals surface area contributed by atoms with Crippen molar-refractivity contribution in [2.75, 3.05) is 13.6 Å². The van der Waals surface area contributed by atoms with E-state index in [1.165, 1.54) is 5.56 Å². The Morgan fingerprint density at radius 2 is 2.10 bits per heavy atom. The lowest BCUT2D eigenvalue weighted by atomic mass is 10.2. The second-order valence-electron chi connectivity index (χ2n) is 5.89. The van der Waals surface area contributed by atoms with Gasteiger partial charge in [0.1, 0.15) is 5.76 Å². The van der Waals surface area contributed by atoms with E-state index in [4.69, 9.17) is 4.42 Å². The summed E-state index contributed by atoms with van der Waals surface area (Å²) in [6.07, 6.45) is 3.60. The van der Waals surface area contributed by atoms with Crippen LogP contribution in [0.25, 0.3) is 0 Å². The quantitative estimate of drug-likeness (QED) is 0.810. The van der Waals surface area contributed by atoms with Gasteiger partial charge in [0.25, 0.3) is 0 Å². The molecule has 0 aliphatic rings. The van der Waals surface area contributed by atoms with Gasteiger partial charge in [0, 0.05) is 24.8 Å². The third kappa shape index (κ3) is 5.33. The van der Waals surface area contributed by atoms with Gasteiger partial charge in [0.15, 0.2) is 0 Å². The predicted molar refractivity (Wildman–Crippen MR) is 84.7 cm³/mol. The molecular weight excluding hydrogens is 262 g/mol. The van der Waals surface area contributed by atoms with Crippen LogP contribution in [0.1, 0.15) is 30.9 Å². The van der Waals surface area contributed by atoms with Crippen molar-refractivity contribution in [2.24, 2.45) is 5.92 Å². The maximum absolute atomic E-state index is 5.63. The number of aromatic nitrogens is 1. The van der Waals surface area contributed by atoms with Crippen LogP contribution in [0, 0.1) is 5.92 Å². The Morgan fingerprint density at radius 1 is 1.24 bits per heavy atom. The minimum Gasteiger partial charge on any atom is -0.468 e. The number of hydrogen-bond acceptors (Lipinski definition) is 4. The Labute approximate surface area is 127 Å². The van der Waals surface area contributed by atoms with Gasteiger partial charge in [-0.1, -0.05) is 19.9 Å². The fourth-order valence-electron chi connectivity index (χ4n) is 2.23. The van der Waals surface area contributed by atoms with Gasteiger partial charge in [-0.3, -0.25) is 9.88 Å². The summed E-state index contributed by atoms with van der Waals surface area (Å²) in [5.74, 6) is 1.69. The summed E-state index contributed by atoms with van der Waals surface area (Å²) in [4.78, 5) is 6.57. The molecule has 21 heavy (non-hydrogen) atoms. The monoisotopic (exact) mass is 287 g/mol. The van der Waals surface area contributed by atoms with Crippen LogP contribution >= 0.6 is 0 Å². The number of nitrogens with one attached hydrogen (secondary N) is 1. The molecule has 0 fully saturated rings. The molecule has 2 aromatic rings. The van der Waals surface area contributed by atoms with Crippen LogP contribution in [0.2, 0.25) is 0 Å². The smallest absolute Gasteiger partial charge is 0.122 e. The summed E-state index contributed by atoms with van der Waals surface area (Å²) in [7, 11) is 2.09. The van der Waals surface area contributed by atoms with Gasteiger partial charge in [-0.15, -0.1) is 0 Å². The van der Waals surface area contributed by atoms with Crippen LogP contribution in [-0.2, 0) is 19.6 Å². The van der Waals surface area contributed by atoms with Gasteiger partial charge in [-0.05, 0) is 37.7 Å². The standard InChI is InChI=1S/C17H25N3O/c1-14(2)10-18-11-15-7-9-21-17(15)13-20(3)12-16-6-4-5-8-19-16/h4-9,14,18H,10-13H2,1-3H3. The summed E-state index contributed by atoms with van der Waals surface area (Å²) in [6.45, 7) is 7.92. The molecule has 0 unspecified atom stereocenters. The van der Waals surface area contributed by atoms with E-state index in [1.54, 1.807) is 6.26 Å². The molecule has 0 radical (unpaired) electrons. The van der Waals surface area contributed by atoms with E-state index in [0.29, 0.717) is 5.92 Å². The molecule has 0 atom stereocenters. The number of furan rings is 1. The van der Waals surface area contributed by atoms with Crippen LogP contribution in [0.15, 0.2) is 41.1 Å². The number of hydrogen-bond donors (Lipinski definition) is 1. The average molecular weight is 287 g/mol. The van der Waals surface area contributed by atoms with Crippen molar-refractivity contribution in [3.05, 3.63) is 53.7 Å². The molecule has 4 nitrogen and oxygen atoms in total. The van der Waals surface area contributed by atoms with Crippen LogP contribution in [0.3, 0.4) is 0 Å². The topological polar surface area (TPSA) is 41.3 Å². The summed E-state index contributed by atoms with van der Waals surface area (Å²) < 4.78 is 5.63. The SMILES string of the molecule is CC(C)CNCc1ccoc1CN(C)Cc1ccccn1. The minimum absolute atomic E-state index is 0.659. The number of pyridine rings is 1. The zero-order valence-electron chi connectivity index (χ0n) is 13.2. The zero-order chi connectivity index (χ0) is 15.1. The predicted octanol–water partition coefficient (Wildman–Crippen LogP) is 3.05. The fourth-order valence-corrected chi connectivity index (χ4v) is 2.23. The van der Waals surface area contributed by atoms with E-state index in [-0.39, 0.29) is 0 Å². The van der Waals surface area contributed by atoms with E-state index in [0.717, 1.165) is 37.6 Å². The third-order valence-electron chi connectivity index (χ3n) is 3.28. The van der Waals surface area contributed by atoms with E-state index < -0.39 is 0 Å². The highest BCUT2D eigenvalue weighted by Crippen LogP contribution is 2.14. The largest absolute Gasteiger partial charge is 0.468 e. The van der Waals surface area contributed by atoms with E-state index in [1.807, 2.05) is 24.4 Å². The molecule has 114 valence electrons. The first kappa shape index (κ1) is 15.7. The lowest BCUT2D eigenvalue weighted by Gasteiger charge is -2.16. The van der Waals surface area contributed by atoms with Gasteiger partial charge in [0.2, 0.25) is 0 Å². The lowest BCUT2D eigenvalue weighted by molar-refractivity contribution is 0.282. The molecule has 1 N–H and O–H groups in total. The second-order valence-corrected chi connectivity index (χ2v) is 5.89. The summed E-state index contributed by atoms with van der Waals surface area (Å²) in [6, 6.07) is 8.06. The maximum Gasteiger partial charge on any atom is 0.122 e. The van der Waals surface area contributed by atoms with Crippen molar-refractivity contribution in [3.8, 4) is 0 Å². The molecular formula is C17H25N3O. The van der Waals surface area contributed by atoms with Crippen molar-refractivity contribution >= 4 is 0 Å². The lowest BCUT2D eigenvalue weighted by Crippen LogP contribution is -2.21. The van der Waals surface area contributed by atoms with Crippen molar-refractivity contribution < 1.29 is 4.42 Å². The maximum atomic E-state index is 5.63. The van der Waals surface area contributed by atoms with Crippen molar-refractivity contribution in [1.29, 1.82) is 0 Å². The van der Waals surface area contributed by atoms with Crippen LogP contribution in [-0.4, -0.2) is 23.5 Å². The highest BCUT2D eigenvalue weighted by atomic mass is 16.3. The highest BCUT2D eigenvalue weighted by Gasteiger charge is 2.10. The molecule has 0 saturated heterocycles. The normalized spacial score (nSPS) is 11.5. The number of nitrogens with zero attached hydrogens (tertiary/aromatic N) is 2. The third-order valence-corrected chi connectivity index (χ3v) is 3.28. The Morgan fingerprint density at radius 3 is 2.81 bits per heavy atom. The van der Waals surface area contributed by atoms with E-state index in [2.05, 4.69) is 42.2 Å². The first-order valence-electron chi connectivity index (χ1n) is 7.49. The summed E-state index contributed by atoms with van der Waals surface area (Å²) in [5.41, 5.74) is 2.31. The molecule has 0 spiro atoms. The number of rotatable bonds is 8. The van der Waals surface area contributed by atoms with Gasteiger partial charge in [-0.25, -0.2) is 0 Å². The summed E-state index contributed by atoms with van der Waals surface area (Å²) in [5, 5.41) is 3.46. The molecule has 2 heterocycles. The minimum atomic E-state index is 0.659. The van der Waals surface area contributed by atoms with Gasteiger partial charge >= 0.3 is 0 Å². The zero-order valence-corrected chi connectivity index (χ0v) is 13.2. The Kier molecular flexibility index (Phi) is 5.96. The molecule has 0 aliphatic heterocycles. The first-order valence-corrected chi connectivity index (χ1v) is 7.49. The van der Waals surface area contributed by atoms with E-state index >= 15 is 0 Å². The van der Waals surface area contributed by atoms with E-state index in [9.17, 15) is 0 Å². The molecule has 0 bridgehead atoms. The molecule has 0 saturated carbocycles. The molecule has 2 aromatic heterocycles. The Bertz CT molecular complexity index is 522. The fraction of sp³-hybridized carbons (Fsp3) is 0.471. The molecule has 4 heteroatoms. The van der Waals surface area contributed by atoms with Crippen molar-refractivity contribution in [3.63, 3.8) is 0 Å². The molecule has 0 aliphatic carbocycles. The molecule has 2 rings (SSSR count). The first-order chi connectivity index (χ1) is 10.1.